The highest BCUT2D eigenvalue weighted by atomic mass is 35.5. The van der Waals surface area contributed by atoms with E-state index in [0.717, 1.165) is 24.3 Å². The third-order valence-corrected chi connectivity index (χ3v) is 5.01. The standard InChI is InChI=1S/C25H19ClF4N2O6/c1-36-21-9-14(24(35)38-13-23(34)32-19-7-6-16(26)11-18(19)27)5-8-20(21)37-12-22(33)31-17-4-2-3-15(10-17)25(28,29)30/h2-11H,12-13H2,1H3,(H,31,33)(H,32,34). The molecule has 8 nitrogen and oxygen atoms in total. The van der Waals surface area contributed by atoms with E-state index in [2.05, 4.69) is 10.6 Å². The summed E-state index contributed by atoms with van der Waals surface area (Å²) in [6, 6.07) is 11.5. The van der Waals surface area contributed by atoms with Crippen LogP contribution in [0.5, 0.6) is 11.5 Å². The van der Waals surface area contributed by atoms with E-state index < -0.39 is 48.6 Å². The number of rotatable bonds is 9. The number of alkyl halides is 3. The second kappa shape index (κ2) is 12.3. The molecule has 0 heterocycles. The number of hydrogen-bond acceptors (Lipinski definition) is 6. The summed E-state index contributed by atoms with van der Waals surface area (Å²) >= 11 is 5.65. The van der Waals surface area contributed by atoms with Crippen molar-refractivity contribution < 1.29 is 46.2 Å². The Morgan fingerprint density at radius 1 is 0.895 bits per heavy atom. The molecular weight excluding hydrogens is 536 g/mol. The van der Waals surface area contributed by atoms with Crippen LogP contribution in [-0.2, 0) is 20.5 Å². The van der Waals surface area contributed by atoms with E-state index in [1.165, 1.54) is 43.5 Å². The van der Waals surface area contributed by atoms with Gasteiger partial charge >= 0.3 is 12.1 Å². The number of carbonyl (C=O) groups excluding carboxylic acids is 3. The fraction of sp³-hybridized carbons (Fsp3) is 0.160. The highest BCUT2D eigenvalue weighted by Crippen LogP contribution is 2.31. The lowest BCUT2D eigenvalue weighted by Crippen LogP contribution is -2.21. The van der Waals surface area contributed by atoms with E-state index in [4.69, 9.17) is 25.8 Å². The molecule has 0 radical (unpaired) electrons. The number of esters is 1. The molecule has 0 aliphatic heterocycles. The first-order valence-corrected chi connectivity index (χ1v) is 11.0. The number of benzene rings is 3. The maximum atomic E-state index is 13.8. The van der Waals surface area contributed by atoms with Gasteiger partial charge in [0.2, 0.25) is 0 Å². The van der Waals surface area contributed by atoms with Crippen LogP contribution < -0.4 is 20.1 Å². The minimum atomic E-state index is -4.56. The molecule has 0 aromatic heterocycles. The van der Waals surface area contributed by atoms with Crippen molar-refractivity contribution in [2.75, 3.05) is 31.0 Å². The van der Waals surface area contributed by atoms with Gasteiger partial charge in [-0.05, 0) is 54.6 Å². The molecular formula is C25H19ClF4N2O6. The average molecular weight is 555 g/mol. The number of anilines is 2. The van der Waals surface area contributed by atoms with Crippen LogP contribution in [0.25, 0.3) is 0 Å². The van der Waals surface area contributed by atoms with Crippen LogP contribution in [0.2, 0.25) is 5.02 Å². The number of hydrogen-bond donors (Lipinski definition) is 2. The summed E-state index contributed by atoms with van der Waals surface area (Å²) in [7, 11) is 1.27. The zero-order valence-electron chi connectivity index (χ0n) is 19.5. The van der Waals surface area contributed by atoms with Gasteiger partial charge < -0.3 is 24.8 Å². The van der Waals surface area contributed by atoms with E-state index in [-0.39, 0.29) is 33.5 Å². The first-order valence-electron chi connectivity index (χ1n) is 10.7. The molecule has 0 saturated carbocycles. The maximum absolute atomic E-state index is 13.8. The molecule has 0 unspecified atom stereocenters. The molecule has 2 N–H and O–H groups in total. The third kappa shape index (κ3) is 7.84. The summed E-state index contributed by atoms with van der Waals surface area (Å²) in [5.74, 6) is -3.10. The Kier molecular flexibility index (Phi) is 9.13. The van der Waals surface area contributed by atoms with Gasteiger partial charge in [-0.1, -0.05) is 17.7 Å². The van der Waals surface area contributed by atoms with Gasteiger partial charge in [-0.2, -0.15) is 13.2 Å². The molecule has 200 valence electrons. The topological polar surface area (TPSA) is 103 Å². The van der Waals surface area contributed by atoms with E-state index in [1.54, 1.807) is 0 Å². The molecule has 3 aromatic rings. The number of amides is 2. The zero-order chi connectivity index (χ0) is 27.9. The average Bonchev–Trinajstić information content (AvgIpc) is 2.87. The van der Waals surface area contributed by atoms with Crippen molar-refractivity contribution in [3.05, 3.63) is 82.6 Å². The van der Waals surface area contributed by atoms with Crippen molar-refractivity contribution in [1.29, 1.82) is 0 Å². The molecule has 13 heteroatoms. The van der Waals surface area contributed by atoms with E-state index >= 15 is 0 Å². The molecule has 3 rings (SSSR count). The van der Waals surface area contributed by atoms with Crippen molar-refractivity contribution in [2.24, 2.45) is 0 Å². The molecule has 0 fully saturated rings. The van der Waals surface area contributed by atoms with Crippen molar-refractivity contribution >= 4 is 40.8 Å². The van der Waals surface area contributed by atoms with Crippen LogP contribution in [-0.4, -0.2) is 38.1 Å². The summed E-state index contributed by atoms with van der Waals surface area (Å²) in [5.41, 5.74) is -1.15. The van der Waals surface area contributed by atoms with Crippen molar-refractivity contribution in [2.45, 2.75) is 6.18 Å². The lowest BCUT2D eigenvalue weighted by molar-refractivity contribution is -0.137. The zero-order valence-corrected chi connectivity index (χ0v) is 20.3. The van der Waals surface area contributed by atoms with Crippen LogP contribution in [0.4, 0.5) is 28.9 Å². The quantitative estimate of drug-likeness (QED) is 0.274. The summed E-state index contributed by atoms with van der Waals surface area (Å²) in [4.78, 5) is 36.4. The second-order valence-corrected chi connectivity index (χ2v) is 7.97. The van der Waals surface area contributed by atoms with E-state index in [9.17, 15) is 31.9 Å². The van der Waals surface area contributed by atoms with Gasteiger partial charge in [0.05, 0.1) is 23.9 Å². The Balaban J connectivity index is 1.55. The Bertz CT molecular complexity index is 1350. The van der Waals surface area contributed by atoms with Crippen LogP contribution in [0.1, 0.15) is 15.9 Å². The molecule has 0 aliphatic rings. The molecule has 38 heavy (non-hydrogen) atoms. The number of nitrogens with one attached hydrogen (secondary N) is 2. The van der Waals surface area contributed by atoms with Crippen molar-refractivity contribution in [3.8, 4) is 11.5 Å². The second-order valence-electron chi connectivity index (χ2n) is 7.53. The number of ether oxygens (including phenoxy) is 3. The fourth-order valence-corrected chi connectivity index (χ4v) is 3.18. The normalized spacial score (nSPS) is 10.9. The maximum Gasteiger partial charge on any atom is 0.416 e. The van der Waals surface area contributed by atoms with Crippen molar-refractivity contribution in [3.63, 3.8) is 0 Å². The Labute approximate surface area is 218 Å². The van der Waals surface area contributed by atoms with Crippen LogP contribution in [0, 0.1) is 5.82 Å². The Morgan fingerprint density at radius 3 is 2.32 bits per heavy atom. The summed E-state index contributed by atoms with van der Waals surface area (Å²) in [6.07, 6.45) is -4.56. The minimum absolute atomic E-state index is 0.0203. The highest BCUT2D eigenvalue weighted by Gasteiger charge is 2.30. The SMILES string of the molecule is COc1cc(C(=O)OCC(=O)Nc2ccc(Cl)cc2F)ccc1OCC(=O)Nc1cccc(C(F)(F)F)c1. The lowest BCUT2D eigenvalue weighted by Gasteiger charge is -2.13. The van der Waals surface area contributed by atoms with Gasteiger partial charge in [0.1, 0.15) is 5.82 Å². The lowest BCUT2D eigenvalue weighted by atomic mass is 10.2. The first kappa shape index (κ1) is 28.3. The van der Waals surface area contributed by atoms with E-state index in [0.29, 0.717) is 0 Å². The van der Waals surface area contributed by atoms with Gasteiger partial charge in [-0.25, -0.2) is 9.18 Å². The summed E-state index contributed by atoms with van der Waals surface area (Å²) < 4.78 is 67.7. The van der Waals surface area contributed by atoms with Crippen LogP contribution in [0.3, 0.4) is 0 Å². The van der Waals surface area contributed by atoms with Crippen LogP contribution in [0.15, 0.2) is 60.7 Å². The molecule has 2 amide bonds. The number of halogens is 5. The largest absolute Gasteiger partial charge is 0.493 e. The number of carbonyl (C=O) groups is 3. The predicted octanol–water partition coefficient (Wildman–Crippen LogP) is 5.32. The number of methoxy groups -OCH3 is 1. The molecule has 0 bridgehead atoms. The predicted molar refractivity (Wildman–Crippen MR) is 129 cm³/mol. The highest BCUT2D eigenvalue weighted by molar-refractivity contribution is 6.30. The summed E-state index contributed by atoms with van der Waals surface area (Å²) in [6.45, 7) is -1.28. The van der Waals surface area contributed by atoms with Gasteiger partial charge in [0, 0.05) is 10.7 Å². The molecule has 0 atom stereocenters. The smallest absolute Gasteiger partial charge is 0.416 e. The first-order chi connectivity index (χ1) is 18.0. The van der Waals surface area contributed by atoms with Crippen molar-refractivity contribution in [1.82, 2.24) is 0 Å². The summed E-state index contributed by atoms with van der Waals surface area (Å²) in [5, 5.41) is 4.68. The minimum Gasteiger partial charge on any atom is -0.493 e. The Morgan fingerprint density at radius 2 is 1.63 bits per heavy atom. The molecule has 0 spiro atoms. The monoisotopic (exact) mass is 554 g/mol. The van der Waals surface area contributed by atoms with Gasteiger partial charge in [0.15, 0.2) is 24.7 Å². The molecule has 0 saturated heterocycles. The van der Waals surface area contributed by atoms with Crippen LogP contribution >= 0.6 is 11.6 Å². The molecule has 0 aliphatic carbocycles. The van der Waals surface area contributed by atoms with E-state index in [1.807, 2.05) is 0 Å². The Hall–Kier alpha value is -4.32. The van der Waals surface area contributed by atoms with Gasteiger partial charge in [0.25, 0.3) is 11.8 Å². The molecule has 3 aromatic carbocycles. The van der Waals surface area contributed by atoms with Gasteiger partial charge in [-0.15, -0.1) is 0 Å². The third-order valence-electron chi connectivity index (χ3n) is 4.77. The fourth-order valence-electron chi connectivity index (χ4n) is 3.02. The van der Waals surface area contributed by atoms with Gasteiger partial charge in [-0.3, -0.25) is 9.59 Å².